The van der Waals surface area contributed by atoms with Gasteiger partial charge < -0.3 is 15.1 Å². The minimum atomic E-state index is -0.274. The van der Waals surface area contributed by atoms with E-state index in [2.05, 4.69) is 11.8 Å². The number of piperidine rings is 1. The average Bonchev–Trinajstić information content (AvgIpc) is 2.81. The Balaban J connectivity index is 2.08. The first kappa shape index (κ1) is 15.0. The molecule has 1 aliphatic heterocycles. The molecule has 0 radical (unpaired) electrons. The second-order valence-corrected chi connectivity index (χ2v) is 5.97. The molecule has 1 amide bonds. The molecular formula is C15H19NO3S. The summed E-state index contributed by atoms with van der Waals surface area (Å²) in [7, 11) is 0. The Morgan fingerprint density at radius 1 is 1.50 bits per heavy atom. The number of likely N-dealkylation sites (tertiary alicyclic amines) is 1. The van der Waals surface area contributed by atoms with E-state index in [9.17, 15) is 9.90 Å². The van der Waals surface area contributed by atoms with Gasteiger partial charge in [0.15, 0.2) is 0 Å². The minimum absolute atomic E-state index is 0.0280. The van der Waals surface area contributed by atoms with Crippen LogP contribution in [0.2, 0.25) is 0 Å². The summed E-state index contributed by atoms with van der Waals surface area (Å²) < 4.78 is 0. The predicted molar refractivity (Wildman–Crippen MR) is 78.8 cm³/mol. The SMILES string of the molecule is Cc1cc(C(=O)N2CCC(O)CC2)sc1C#CCCO. The first-order valence-electron chi connectivity index (χ1n) is 6.79. The number of rotatable bonds is 2. The molecule has 1 fully saturated rings. The van der Waals surface area contributed by atoms with Crippen LogP contribution in [-0.4, -0.2) is 46.8 Å². The van der Waals surface area contributed by atoms with Crippen molar-refractivity contribution >= 4 is 17.2 Å². The fourth-order valence-electron chi connectivity index (χ4n) is 2.14. The monoisotopic (exact) mass is 293 g/mol. The summed E-state index contributed by atoms with van der Waals surface area (Å²) in [6, 6.07) is 1.88. The van der Waals surface area contributed by atoms with E-state index in [0.29, 0.717) is 37.2 Å². The lowest BCUT2D eigenvalue weighted by molar-refractivity contribution is 0.0550. The lowest BCUT2D eigenvalue weighted by Crippen LogP contribution is -2.39. The van der Waals surface area contributed by atoms with Crippen molar-refractivity contribution in [3.8, 4) is 11.8 Å². The molecule has 2 heterocycles. The molecule has 5 heteroatoms. The van der Waals surface area contributed by atoms with Crippen LogP contribution in [0.1, 0.15) is 39.4 Å². The summed E-state index contributed by atoms with van der Waals surface area (Å²) in [5, 5.41) is 18.2. The second kappa shape index (κ2) is 6.89. The van der Waals surface area contributed by atoms with E-state index in [4.69, 9.17) is 5.11 Å². The molecule has 108 valence electrons. The van der Waals surface area contributed by atoms with Gasteiger partial charge in [-0.05, 0) is 31.4 Å². The number of aliphatic hydroxyl groups excluding tert-OH is 2. The van der Waals surface area contributed by atoms with Gasteiger partial charge in [0.25, 0.3) is 5.91 Å². The van der Waals surface area contributed by atoms with Gasteiger partial charge in [0.1, 0.15) is 0 Å². The number of aliphatic hydroxyl groups is 2. The van der Waals surface area contributed by atoms with Crippen LogP contribution in [0.4, 0.5) is 0 Å². The van der Waals surface area contributed by atoms with Crippen molar-refractivity contribution < 1.29 is 15.0 Å². The number of hydrogen-bond donors (Lipinski definition) is 2. The van der Waals surface area contributed by atoms with Gasteiger partial charge in [0.2, 0.25) is 0 Å². The molecule has 20 heavy (non-hydrogen) atoms. The Morgan fingerprint density at radius 3 is 2.85 bits per heavy atom. The van der Waals surface area contributed by atoms with Crippen molar-refractivity contribution in [1.29, 1.82) is 0 Å². The van der Waals surface area contributed by atoms with E-state index in [-0.39, 0.29) is 18.6 Å². The van der Waals surface area contributed by atoms with Crippen molar-refractivity contribution in [2.45, 2.75) is 32.3 Å². The molecule has 0 spiro atoms. The number of aryl methyl sites for hydroxylation is 1. The van der Waals surface area contributed by atoms with Crippen molar-refractivity contribution in [3.63, 3.8) is 0 Å². The maximum absolute atomic E-state index is 12.4. The van der Waals surface area contributed by atoms with E-state index in [1.54, 1.807) is 4.90 Å². The van der Waals surface area contributed by atoms with Gasteiger partial charge in [-0.1, -0.05) is 11.8 Å². The Bertz CT molecular complexity index is 533. The number of amides is 1. The Hall–Kier alpha value is -1.35. The molecule has 1 aliphatic rings. The quantitative estimate of drug-likeness (QED) is 0.810. The van der Waals surface area contributed by atoms with E-state index in [1.165, 1.54) is 11.3 Å². The van der Waals surface area contributed by atoms with Crippen LogP contribution >= 0.6 is 11.3 Å². The molecule has 0 bridgehead atoms. The third kappa shape index (κ3) is 3.60. The molecule has 0 saturated carbocycles. The highest BCUT2D eigenvalue weighted by molar-refractivity contribution is 7.14. The van der Waals surface area contributed by atoms with Gasteiger partial charge >= 0.3 is 0 Å². The fourth-order valence-corrected chi connectivity index (χ4v) is 3.15. The molecule has 4 nitrogen and oxygen atoms in total. The first-order valence-corrected chi connectivity index (χ1v) is 7.61. The minimum Gasteiger partial charge on any atom is -0.395 e. The van der Waals surface area contributed by atoms with Gasteiger partial charge in [0, 0.05) is 19.5 Å². The zero-order valence-electron chi connectivity index (χ0n) is 11.6. The van der Waals surface area contributed by atoms with Crippen LogP contribution < -0.4 is 0 Å². The molecule has 1 aromatic rings. The summed E-state index contributed by atoms with van der Waals surface area (Å²) in [4.78, 5) is 15.8. The maximum Gasteiger partial charge on any atom is 0.263 e. The summed E-state index contributed by atoms with van der Waals surface area (Å²) in [5.74, 6) is 5.91. The normalized spacial score (nSPS) is 15.8. The zero-order chi connectivity index (χ0) is 14.5. The molecular weight excluding hydrogens is 274 g/mol. The van der Waals surface area contributed by atoms with Crippen LogP contribution in [0.3, 0.4) is 0 Å². The summed E-state index contributed by atoms with van der Waals surface area (Å²) >= 11 is 1.40. The Morgan fingerprint density at radius 2 is 2.20 bits per heavy atom. The summed E-state index contributed by atoms with van der Waals surface area (Å²) in [5.41, 5.74) is 1.00. The molecule has 0 atom stereocenters. The number of nitrogens with zero attached hydrogens (tertiary/aromatic N) is 1. The lowest BCUT2D eigenvalue weighted by atomic mass is 10.1. The van der Waals surface area contributed by atoms with Gasteiger partial charge in [0.05, 0.1) is 22.5 Å². The second-order valence-electron chi connectivity index (χ2n) is 4.92. The smallest absolute Gasteiger partial charge is 0.263 e. The number of carbonyl (C=O) groups is 1. The fraction of sp³-hybridized carbons (Fsp3) is 0.533. The van der Waals surface area contributed by atoms with Crippen LogP contribution in [-0.2, 0) is 0 Å². The van der Waals surface area contributed by atoms with Crippen molar-refractivity contribution in [1.82, 2.24) is 4.90 Å². The maximum atomic E-state index is 12.4. The molecule has 2 N–H and O–H groups in total. The first-order chi connectivity index (χ1) is 9.61. The average molecular weight is 293 g/mol. The molecule has 1 saturated heterocycles. The third-order valence-electron chi connectivity index (χ3n) is 3.32. The van der Waals surface area contributed by atoms with E-state index >= 15 is 0 Å². The van der Waals surface area contributed by atoms with Gasteiger partial charge in [-0.2, -0.15) is 0 Å². The molecule has 1 aromatic heterocycles. The van der Waals surface area contributed by atoms with Crippen LogP contribution in [0, 0.1) is 18.8 Å². The standard InChI is InChI=1S/C15H19NO3S/c1-11-10-14(20-13(11)4-2-3-9-17)15(19)16-7-5-12(18)6-8-16/h10,12,17-18H,3,5-9H2,1H3. The van der Waals surface area contributed by atoms with Crippen molar-refractivity contribution in [3.05, 3.63) is 21.4 Å². The lowest BCUT2D eigenvalue weighted by Gasteiger charge is -2.29. The molecule has 0 aromatic carbocycles. The Kier molecular flexibility index (Phi) is 5.18. The highest BCUT2D eigenvalue weighted by atomic mass is 32.1. The largest absolute Gasteiger partial charge is 0.395 e. The number of carbonyl (C=O) groups excluding carboxylic acids is 1. The molecule has 0 unspecified atom stereocenters. The van der Waals surface area contributed by atoms with Gasteiger partial charge in [-0.15, -0.1) is 11.3 Å². The summed E-state index contributed by atoms with van der Waals surface area (Å²) in [6.45, 7) is 3.22. The summed E-state index contributed by atoms with van der Waals surface area (Å²) in [6.07, 6.45) is 1.48. The van der Waals surface area contributed by atoms with Crippen molar-refractivity contribution in [2.75, 3.05) is 19.7 Å². The zero-order valence-corrected chi connectivity index (χ0v) is 12.4. The number of thiophene rings is 1. The van der Waals surface area contributed by atoms with Crippen LogP contribution in [0.25, 0.3) is 0 Å². The van der Waals surface area contributed by atoms with Crippen LogP contribution in [0.15, 0.2) is 6.07 Å². The third-order valence-corrected chi connectivity index (χ3v) is 4.46. The van der Waals surface area contributed by atoms with E-state index in [0.717, 1.165) is 10.4 Å². The molecule has 0 aliphatic carbocycles. The topological polar surface area (TPSA) is 60.8 Å². The van der Waals surface area contributed by atoms with Gasteiger partial charge in [-0.3, -0.25) is 4.79 Å². The molecule has 2 rings (SSSR count). The highest BCUT2D eigenvalue weighted by Crippen LogP contribution is 2.24. The predicted octanol–water partition coefficient (Wildman–Crippen LogP) is 1.39. The highest BCUT2D eigenvalue weighted by Gasteiger charge is 2.23. The van der Waals surface area contributed by atoms with Gasteiger partial charge in [-0.25, -0.2) is 0 Å². The van der Waals surface area contributed by atoms with Crippen molar-refractivity contribution in [2.24, 2.45) is 0 Å². The van der Waals surface area contributed by atoms with Crippen LogP contribution in [0.5, 0.6) is 0 Å². The van der Waals surface area contributed by atoms with E-state index < -0.39 is 0 Å². The van der Waals surface area contributed by atoms with E-state index in [1.807, 2.05) is 13.0 Å². The number of hydrogen-bond acceptors (Lipinski definition) is 4. The Labute approximate surface area is 123 Å².